The van der Waals surface area contributed by atoms with Gasteiger partial charge in [-0.05, 0) is 37.7 Å². The highest BCUT2D eigenvalue weighted by atomic mass is 16.6. The molecule has 0 radical (unpaired) electrons. The lowest BCUT2D eigenvalue weighted by Crippen LogP contribution is -2.58. The van der Waals surface area contributed by atoms with Gasteiger partial charge in [0, 0.05) is 12.0 Å². The van der Waals surface area contributed by atoms with Crippen LogP contribution in [-0.4, -0.2) is 19.3 Å². The van der Waals surface area contributed by atoms with Gasteiger partial charge in [0.1, 0.15) is 0 Å². The fourth-order valence-corrected chi connectivity index (χ4v) is 3.03. The average molecular weight is 330 g/mol. The van der Waals surface area contributed by atoms with Crippen LogP contribution in [0.2, 0.25) is 0 Å². The van der Waals surface area contributed by atoms with Crippen LogP contribution in [0.4, 0.5) is 0 Å². The van der Waals surface area contributed by atoms with Crippen molar-refractivity contribution in [3.63, 3.8) is 0 Å². The first-order valence-electron chi connectivity index (χ1n) is 9.74. The van der Waals surface area contributed by atoms with Crippen molar-refractivity contribution in [1.82, 2.24) is 0 Å². The Bertz CT molecular complexity index is 493. The molecule has 3 heteroatoms. The van der Waals surface area contributed by atoms with E-state index in [1.807, 2.05) is 0 Å². The van der Waals surface area contributed by atoms with Crippen LogP contribution in [0.15, 0.2) is 24.3 Å². The highest BCUT2D eigenvalue weighted by Gasteiger charge is 2.46. The van der Waals surface area contributed by atoms with Crippen LogP contribution in [0, 0.1) is 5.41 Å². The Labute approximate surface area is 149 Å². The van der Waals surface area contributed by atoms with Crippen molar-refractivity contribution in [2.45, 2.75) is 85.2 Å². The molecule has 1 aliphatic rings. The van der Waals surface area contributed by atoms with Crippen LogP contribution in [-0.2, 0) is 15.7 Å². The second-order valence-electron chi connectivity index (χ2n) is 8.41. The SMILES string of the molecule is CCCCCCCCc1ccc(B2OCC(C)(C)C(C)(C)O2)cc1. The van der Waals surface area contributed by atoms with E-state index in [4.69, 9.17) is 9.31 Å². The van der Waals surface area contributed by atoms with E-state index < -0.39 is 0 Å². The van der Waals surface area contributed by atoms with E-state index in [0.717, 1.165) is 12.1 Å². The molecule has 0 bridgehead atoms. The first kappa shape index (κ1) is 19.5. The van der Waals surface area contributed by atoms with Crippen molar-refractivity contribution in [2.24, 2.45) is 5.41 Å². The maximum atomic E-state index is 6.23. The third-order valence-corrected chi connectivity index (χ3v) is 5.70. The maximum absolute atomic E-state index is 6.23. The van der Waals surface area contributed by atoms with Gasteiger partial charge in [0.2, 0.25) is 0 Å². The quantitative estimate of drug-likeness (QED) is 0.485. The minimum Gasteiger partial charge on any atom is -0.407 e. The zero-order chi connectivity index (χ0) is 17.6. The first-order chi connectivity index (χ1) is 11.4. The molecule has 0 N–H and O–H groups in total. The van der Waals surface area contributed by atoms with Crippen LogP contribution in [0.1, 0.15) is 78.7 Å². The highest BCUT2D eigenvalue weighted by Crippen LogP contribution is 2.37. The van der Waals surface area contributed by atoms with Gasteiger partial charge in [0.25, 0.3) is 0 Å². The van der Waals surface area contributed by atoms with E-state index in [2.05, 4.69) is 58.9 Å². The van der Waals surface area contributed by atoms with Gasteiger partial charge in [-0.2, -0.15) is 0 Å². The normalized spacial score (nSPS) is 19.5. The molecule has 0 saturated carbocycles. The summed E-state index contributed by atoms with van der Waals surface area (Å²) in [5.41, 5.74) is 2.39. The second-order valence-corrected chi connectivity index (χ2v) is 8.41. The Balaban J connectivity index is 1.82. The Morgan fingerprint density at radius 1 is 0.917 bits per heavy atom. The Kier molecular flexibility index (Phi) is 6.94. The van der Waals surface area contributed by atoms with Gasteiger partial charge in [0.15, 0.2) is 0 Å². The summed E-state index contributed by atoms with van der Waals surface area (Å²) >= 11 is 0. The van der Waals surface area contributed by atoms with Crippen LogP contribution < -0.4 is 5.46 Å². The van der Waals surface area contributed by atoms with Crippen molar-refractivity contribution in [2.75, 3.05) is 6.61 Å². The standard InChI is InChI=1S/C21H35BO2/c1-6-7-8-9-10-11-12-18-13-15-19(16-14-18)22-23-17-20(2,3)21(4,5)24-22/h13-16H,6-12,17H2,1-5H3. The van der Waals surface area contributed by atoms with Gasteiger partial charge in [-0.3, -0.25) is 0 Å². The van der Waals surface area contributed by atoms with Crippen molar-refractivity contribution in [3.8, 4) is 0 Å². The lowest BCUT2D eigenvalue weighted by Gasteiger charge is -2.47. The molecule has 0 unspecified atom stereocenters. The van der Waals surface area contributed by atoms with E-state index in [9.17, 15) is 0 Å². The third kappa shape index (κ3) is 5.10. The van der Waals surface area contributed by atoms with Gasteiger partial charge < -0.3 is 9.31 Å². The number of hydrogen-bond donors (Lipinski definition) is 0. The van der Waals surface area contributed by atoms with Gasteiger partial charge in [-0.15, -0.1) is 0 Å². The van der Waals surface area contributed by atoms with Crippen molar-refractivity contribution < 1.29 is 9.31 Å². The van der Waals surface area contributed by atoms with Gasteiger partial charge >= 0.3 is 7.12 Å². The fraction of sp³-hybridized carbons (Fsp3) is 0.714. The largest absolute Gasteiger partial charge is 0.494 e. The predicted molar refractivity (Wildman–Crippen MR) is 104 cm³/mol. The second kappa shape index (κ2) is 8.53. The van der Waals surface area contributed by atoms with Gasteiger partial charge in [-0.25, -0.2) is 0 Å². The molecule has 0 aliphatic carbocycles. The van der Waals surface area contributed by atoms with Gasteiger partial charge in [0.05, 0.1) is 5.60 Å². The van der Waals surface area contributed by atoms with Gasteiger partial charge in [-0.1, -0.05) is 77.1 Å². The van der Waals surface area contributed by atoms with Crippen molar-refractivity contribution in [3.05, 3.63) is 29.8 Å². The Hall–Kier alpha value is -0.795. The molecular formula is C21H35BO2. The van der Waals surface area contributed by atoms with Crippen LogP contribution in [0.5, 0.6) is 0 Å². The molecular weight excluding hydrogens is 295 g/mol. The molecule has 134 valence electrons. The topological polar surface area (TPSA) is 18.5 Å². The average Bonchev–Trinajstić information content (AvgIpc) is 2.54. The summed E-state index contributed by atoms with van der Waals surface area (Å²) in [5.74, 6) is 0. The third-order valence-electron chi connectivity index (χ3n) is 5.70. The highest BCUT2D eigenvalue weighted by molar-refractivity contribution is 6.61. The number of aryl methyl sites for hydroxylation is 1. The molecule has 2 rings (SSSR count). The van der Waals surface area contributed by atoms with E-state index in [1.165, 1.54) is 50.5 Å². The Morgan fingerprint density at radius 2 is 1.54 bits per heavy atom. The number of hydrogen-bond acceptors (Lipinski definition) is 2. The minimum absolute atomic E-state index is 0.0290. The molecule has 24 heavy (non-hydrogen) atoms. The van der Waals surface area contributed by atoms with E-state index in [0.29, 0.717) is 0 Å². The lowest BCUT2D eigenvalue weighted by molar-refractivity contribution is -0.0937. The number of unbranched alkanes of at least 4 members (excludes halogenated alkanes) is 5. The minimum atomic E-state index is -0.240. The van der Waals surface area contributed by atoms with Crippen LogP contribution in [0.3, 0.4) is 0 Å². The molecule has 1 fully saturated rings. The van der Waals surface area contributed by atoms with Crippen LogP contribution in [0.25, 0.3) is 0 Å². The summed E-state index contributed by atoms with van der Waals surface area (Å²) in [5, 5.41) is 0. The van der Waals surface area contributed by atoms with Crippen molar-refractivity contribution in [1.29, 1.82) is 0 Å². The molecule has 0 spiro atoms. The summed E-state index contributed by atoms with van der Waals surface area (Å²) in [7, 11) is -0.240. The summed E-state index contributed by atoms with van der Waals surface area (Å²) < 4.78 is 12.2. The van der Waals surface area contributed by atoms with E-state index in [-0.39, 0.29) is 18.1 Å². The molecule has 1 aromatic carbocycles. The summed E-state index contributed by atoms with van der Waals surface area (Å²) in [6, 6.07) is 8.82. The predicted octanol–water partition coefficient (Wildman–Crippen LogP) is 5.14. The number of benzene rings is 1. The smallest absolute Gasteiger partial charge is 0.407 e. The molecule has 2 nitrogen and oxygen atoms in total. The lowest BCUT2D eigenvalue weighted by atomic mass is 9.69. The first-order valence-corrected chi connectivity index (χ1v) is 9.74. The summed E-state index contributed by atoms with van der Waals surface area (Å²) in [6.07, 6.45) is 9.28. The number of rotatable bonds is 8. The fourth-order valence-electron chi connectivity index (χ4n) is 3.03. The zero-order valence-electron chi connectivity index (χ0n) is 16.4. The summed E-state index contributed by atoms with van der Waals surface area (Å²) in [4.78, 5) is 0. The van der Waals surface area contributed by atoms with E-state index >= 15 is 0 Å². The van der Waals surface area contributed by atoms with Crippen LogP contribution >= 0.6 is 0 Å². The summed E-state index contributed by atoms with van der Waals surface area (Å²) in [6.45, 7) is 11.7. The molecule has 1 saturated heterocycles. The maximum Gasteiger partial charge on any atom is 0.494 e. The molecule has 0 amide bonds. The monoisotopic (exact) mass is 330 g/mol. The Morgan fingerprint density at radius 3 is 2.17 bits per heavy atom. The van der Waals surface area contributed by atoms with E-state index in [1.54, 1.807) is 0 Å². The van der Waals surface area contributed by atoms with Crippen molar-refractivity contribution >= 4 is 12.6 Å². The molecule has 0 atom stereocenters. The molecule has 0 aromatic heterocycles. The molecule has 1 heterocycles. The zero-order valence-corrected chi connectivity index (χ0v) is 16.4. The molecule has 1 aromatic rings. The molecule has 1 aliphatic heterocycles.